The van der Waals surface area contributed by atoms with Crippen molar-refractivity contribution in [2.24, 2.45) is 0 Å². The SMILES string of the molecule is CC(CCN1CCCCC1)c1ccc(-c2ccc(Br)cc2)cc1. The lowest BCUT2D eigenvalue weighted by Crippen LogP contribution is -2.31. The third kappa shape index (κ3) is 4.68. The maximum absolute atomic E-state index is 3.49. The van der Waals surface area contributed by atoms with Gasteiger partial charge < -0.3 is 4.90 Å². The summed E-state index contributed by atoms with van der Waals surface area (Å²) in [6, 6.07) is 17.7. The fraction of sp³-hybridized carbons (Fsp3) is 0.429. The first-order chi connectivity index (χ1) is 11.2. The Balaban J connectivity index is 1.58. The molecule has 2 aromatic rings. The minimum atomic E-state index is 0.635. The van der Waals surface area contributed by atoms with Gasteiger partial charge in [0.1, 0.15) is 0 Å². The van der Waals surface area contributed by atoms with Crippen LogP contribution in [0.5, 0.6) is 0 Å². The number of hydrogen-bond donors (Lipinski definition) is 0. The lowest BCUT2D eigenvalue weighted by molar-refractivity contribution is 0.222. The van der Waals surface area contributed by atoms with Gasteiger partial charge in [0.2, 0.25) is 0 Å². The van der Waals surface area contributed by atoms with E-state index in [1.807, 2.05) is 0 Å². The van der Waals surface area contributed by atoms with Crippen molar-refractivity contribution in [2.75, 3.05) is 19.6 Å². The average molecular weight is 372 g/mol. The molecular weight excluding hydrogens is 346 g/mol. The highest BCUT2D eigenvalue weighted by molar-refractivity contribution is 9.10. The summed E-state index contributed by atoms with van der Waals surface area (Å²) in [6.45, 7) is 6.21. The maximum Gasteiger partial charge on any atom is 0.0175 e. The molecule has 0 N–H and O–H groups in total. The predicted octanol–water partition coefficient (Wildman–Crippen LogP) is 6.10. The van der Waals surface area contributed by atoms with Crippen LogP contribution in [0.3, 0.4) is 0 Å². The second-order valence-electron chi connectivity index (χ2n) is 6.72. The molecule has 1 aliphatic rings. The molecule has 1 nitrogen and oxygen atoms in total. The normalized spacial score (nSPS) is 17.1. The summed E-state index contributed by atoms with van der Waals surface area (Å²) in [6.07, 6.45) is 5.45. The molecule has 1 fully saturated rings. The number of benzene rings is 2. The summed E-state index contributed by atoms with van der Waals surface area (Å²) in [5, 5.41) is 0. The van der Waals surface area contributed by atoms with Crippen LogP contribution in [0.25, 0.3) is 11.1 Å². The van der Waals surface area contributed by atoms with Gasteiger partial charge in [0, 0.05) is 4.47 Å². The van der Waals surface area contributed by atoms with E-state index in [9.17, 15) is 0 Å². The first-order valence-corrected chi connectivity index (χ1v) is 9.60. The van der Waals surface area contributed by atoms with Crippen LogP contribution in [0.4, 0.5) is 0 Å². The molecule has 1 unspecified atom stereocenters. The van der Waals surface area contributed by atoms with E-state index < -0.39 is 0 Å². The standard InChI is InChI=1S/C21H26BrN/c1-17(13-16-23-14-3-2-4-15-23)18-5-7-19(8-6-18)20-9-11-21(22)12-10-20/h5-12,17H,2-4,13-16H2,1H3. The highest BCUT2D eigenvalue weighted by Crippen LogP contribution is 2.26. The number of hydrogen-bond acceptors (Lipinski definition) is 1. The molecule has 1 heterocycles. The molecule has 122 valence electrons. The van der Waals surface area contributed by atoms with Crippen molar-refractivity contribution in [1.29, 1.82) is 0 Å². The Kier molecular flexibility index (Phi) is 5.91. The summed E-state index contributed by atoms with van der Waals surface area (Å²) in [7, 11) is 0. The maximum atomic E-state index is 3.49. The molecule has 1 aliphatic heterocycles. The van der Waals surface area contributed by atoms with Gasteiger partial charge in [-0.1, -0.05) is 65.7 Å². The van der Waals surface area contributed by atoms with E-state index in [0.717, 1.165) is 4.47 Å². The molecule has 0 radical (unpaired) electrons. The number of piperidine rings is 1. The quantitative estimate of drug-likeness (QED) is 0.613. The van der Waals surface area contributed by atoms with E-state index in [2.05, 4.69) is 76.3 Å². The van der Waals surface area contributed by atoms with Gasteiger partial charge in [-0.05, 0) is 73.6 Å². The summed E-state index contributed by atoms with van der Waals surface area (Å²) in [4.78, 5) is 2.64. The zero-order chi connectivity index (χ0) is 16.1. The lowest BCUT2D eigenvalue weighted by atomic mass is 9.95. The zero-order valence-corrected chi connectivity index (χ0v) is 15.6. The molecule has 0 bridgehead atoms. The van der Waals surface area contributed by atoms with Gasteiger partial charge in [-0.3, -0.25) is 0 Å². The Labute approximate surface area is 148 Å². The molecule has 0 aromatic heterocycles. The van der Waals surface area contributed by atoms with Crippen LogP contribution >= 0.6 is 15.9 Å². The molecule has 2 heteroatoms. The minimum Gasteiger partial charge on any atom is -0.303 e. The first kappa shape index (κ1) is 16.7. The van der Waals surface area contributed by atoms with Crippen molar-refractivity contribution >= 4 is 15.9 Å². The minimum absolute atomic E-state index is 0.635. The highest BCUT2D eigenvalue weighted by Gasteiger charge is 2.12. The Morgan fingerprint density at radius 2 is 1.43 bits per heavy atom. The smallest absolute Gasteiger partial charge is 0.0175 e. The van der Waals surface area contributed by atoms with E-state index >= 15 is 0 Å². The van der Waals surface area contributed by atoms with E-state index in [4.69, 9.17) is 0 Å². The van der Waals surface area contributed by atoms with Crippen LogP contribution in [0.15, 0.2) is 53.0 Å². The molecule has 23 heavy (non-hydrogen) atoms. The van der Waals surface area contributed by atoms with Gasteiger partial charge in [-0.15, -0.1) is 0 Å². The van der Waals surface area contributed by atoms with Crippen LogP contribution in [0.1, 0.15) is 44.1 Å². The van der Waals surface area contributed by atoms with Crippen LogP contribution in [0, 0.1) is 0 Å². The highest BCUT2D eigenvalue weighted by atomic mass is 79.9. The third-order valence-corrected chi connectivity index (χ3v) is 5.51. The number of likely N-dealkylation sites (tertiary alicyclic amines) is 1. The van der Waals surface area contributed by atoms with Gasteiger partial charge in [0.25, 0.3) is 0 Å². The Morgan fingerprint density at radius 1 is 0.870 bits per heavy atom. The Morgan fingerprint density at radius 3 is 2.04 bits per heavy atom. The van der Waals surface area contributed by atoms with Crippen LogP contribution in [-0.4, -0.2) is 24.5 Å². The van der Waals surface area contributed by atoms with Crippen LogP contribution < -0.4 is 0 Å². The van der Waals surface area contributed by atoms with Crippen LogP contribution in [0.2, 0.25) is 0 Å². The number of halogens is 1. The van der Waals surface area contributed by atoms with E-state index in [-0.39, 0.29) is 0 Å². The second-order valence-corrected chi connectivity index (χ2v) is 7.64. The molecule has 0 aliphatic carbocycles. The molecule has 1 atom stereocenters. The summed E-state index contributed by atoms with van der Waals surface area (Å²) >= 11 is 3.49. The van der Waals surface area contributed by atoms with Crippen molar-refractivity contribution in [3.63, 3.8) is 0 Å². The predicted molar refractivity (Wildman–Crippen MR) is 103 cm³/mol. The molecule has 0 amide bonds. The molecule has 1 saturated heterocycles. The fourth-order valence-electron chi connectivity index (χ4n) is 3.37. The van der Waals surface area contributed by atoms with Gasteiger partial charge in [-0.2, -0.15) is 0 Å². The molecular formula is C21H26BrN. The molecule has 2 aromatic carbocycles. The number of rotatable bonds is 5. The molecule has 0 spiro atoms. The van der Waals surface area contributed by atoms with Crippen molar-refractivity contribution in [2.45, 2.75) is 38.5 Å². The second kappa shape index (κ2) is 8.12. The Bertz CT molecular complexity index is 597. The largest absolute Gasteiger partial charge is 0.303 e. The molecule has 0 saturated carbocycles. The number of nitrogens with zero attached hydrogens (tertiary/aromatic N) is 1. The van der Waals surface area contributed by atoms with E-state index in [0.29, 0.717) is 5.92 Å². The van der Waals surface area contributed by atoms with Gasteiger partial charge in [-0.25, -0.2) is 0 Å². The first-order valence-electron chi connectivity index (χ1n) is 8.80. The summed E-state index contributed by atoms with van der Waals surface area (Å²) in [5.41, 5.74) is 4.04. The monoisotopic (exact) mass is 371 g/mol. The average Bonchev–Trinajstić information content (AvgIpc) is 2.61. The van der Waals surface area contributed by atoms with E-state index in [1.165, 1.54) is 62.0 Å². The van der Waals surface area contributed by atoms with Gasteiger partial charge >= 0.3 is 0 Å². The van der Waals surface area contributed by atoms with Gasteiger partial charge in [0.05, 0.1) is 0 Å². The van der Waals surface area contributed by atoms with E-state index in [1.54, 1.807) is 0 Å². The van der Waals surface area contributed by atoms with Crippen molar-refractivity contribution in [1.82, 2.24) is 4.90 Å². The lowest BCUT2D eigenvalue weighted by Gasteiger charge is -2.27. The Hall–Kier alpha value is -1.12. The van der Waals surface area contributed by atoms with Crippen LogP contribution in [-0.2, 0) is 0 Å². The van der Waals surface area contributed by atoms with Crippen molar-refractivity contribution in [3.05, 3.63) is 58.6 Å². The summed E-state index contributed by atoms with van der Waals surface area (Å²) < 4.78 is 1.13. The van der Waals surface area contributed by atoms with Gasteiger partial charge in [0.15, 0.2) is 0 Å². The van der Waals surface area contributed by atoms with Crippen molar-refractivity contribution in [3.8, 4) is 11.1 Å². The topological polar surface area (TPSA) is 3.24 Å². The molecule has 3 rings (SSSR count). The van der Waals surface area contributed by atoms with Crippen molar-refractivity contribution < 1.29 is 0 Å². The zero-order valence-electron chi connectivity index (χ0n) is 14.0. The fourth-order valence-corrected chi connectivity index (χ4v) is 3.64. The summed E-state index contributed by atoms with van der Waals surface area (Å²) in [5.74, 6) is 0.635. The third-order valence-electron chi connectivity index (χ3n) is 4.98.